The van der Waals surface area contributed by atoms with Crippen LogP contribution < -0.4 is 0 Å². The Morgan fingerprint density at radius 3 is 2.41 bits per heavy atom. The van der Waals surface area contributed by atoms with Gasteiger partial charge in [-0.05, 0) is 91.7 Å². The van der Waals surface area contributed by atoms with Crippen molar-refractivity contribution in [3.05, 3.63) is 94.6 Å². The summed E-state index contributed by atoms with van der Waals surface area (Å²) in [5.41, 5.74) is 10.0. The van der Waals surface area contributed by atoms with E-state index in [2.05, 4.69) is 75.7 Å². The molecule has 0 amide bonds. The Morgan fingerprint density at radius 2 is 1.81 bits per heavy atom. The number of rotatable bonds is 15. The molecular weight excluding hydrogens is 492 g/mol. The maximum absolute atomic E-state index is 10.9. The monoisotopic (exact) mass is 540 g/mol. The smallest absolute Gasteiger partial charge is 0.162 e. The average molecular weight is 541 g/mol. The molecule has 0 radical (unpaired) electrons. The topological polar surface area (TPSA) is 29.5 Å². The highest BCUT2D eigenvalue weighted by Crippen LogP contribution is 2.30. The van der Waals surface area contributed by atoms with Crippen molar-refractivity contribution >= 4 is 33.2 Å². The molecule has 2 rings (SSSR count). The van der Waals surface area contributed by atoms with Crippen LogP contribution in [-0.2, 0) is 36.2 Å². The standard InChI is InChI=1S/C31H42O2S2.C2H6/c1-8-11-26-20-25(21-28(22-35-34-7)29(26)10-3)15-17-31(6,32)33-18-16-24-13-14-30(23(4)5)27(19-24)12-9-2;1-2/h8-9,11,13-14,19-21,32H,2,4,10,12,15-18,22H2,1,3,5-7H3;1-2H3/b11-8-;. The molecule has 4 heteroatoms. The van der Waals surface area contributed by atoms with Crippen LogP contribution in [0.4, 0.5) is 0 Å². The molecule has 2 aromatic carbocycles. The van der Waals surface area contributed by atoms with E-state index >= 15 is 0 Å². The lowest BCUT2D eigenvalue weighted by Gasteiger charge is -2.24. The maximum Gasteiger partial charge on any atom is 0.162 e. The van der Waals surface area contributed by atoms with E-state index in [1.165, 1.54) is 38.9 Å². The molecule has 1 atom stereocenters. The van der Waals surface area contributed by atoms with Gasteiger partial charge in [0.25, 0.3) is 0 Å². The molecule has 0 aliphatic rings. The second-order valence-corrected chi connectivity index (χ2v) is 11.7. The summed E-state index contributed by atoms with van der Waals surface area (Å²) < 4.78 is 5.95. The first-order valence-corrected chi connectivity index (χ1v) is 16.1. The highest BCUT2D eigenvalue weighted by Gasteiger charge is 2.21. The number of hydrogen-bond acceptors (Lipinski definition) is 4. The summed E-state index contributed by atoms with van der Waals surface area (Å²) >= 11 is 0. The van der Waals surface area contributed by atoms with Crippen molar-refractivity contribution in [1.29, 1.82) is 0 Å². The molecule has 0 fully saturated rings. The van der Waals surface area contributed by atoms with Crippen LogP contribution in [0.15, 0.2) is 55.6 Å². The van der Waals surface area contributed by atoms with Crippen LogP contribution >= 0.6 is 21.6 Å². The van der Waals surface area contributed by atoms with Crippen molar-refractivity contribution in [2.75, 3.05) is 12.9 Å². The third kappa shape index (κ3) is 11.3. The Bertz CT molecular complexity index is 1020. The molecule has 1 unspecified atom stereocenters. The van der Waals surface area contributed by atoms with Crippen molar-refractivity contribution in [2.24, 2.45) is 0 Å². The van der Waals surface area contributed by atoms with Gasteiger partial charge >= 0.3 is 0 Å². The molecule has 2 nitrogen and oxygen atoms in total. The molecule has 0 aromatic heterocycles. The Morgan fingerprint density at radius 1 is 1.11 bits per heavy atom. The zero-order valence-electron chi connectivity index (χ0n) is 24.2. The molecule has 0 saturated heterocycles. The average Bonchev–Trinajstić information content (AvgIpc) is 2.87. The third-order valence-corrected chi connectivity index (χ3v) is 7.87. The fourth-order valence-corrected chi connectivity index (χ4v) is 5.60. The summed E-state index contributed by atoms with van der Waals surface area (Å²) in [5.74, 6) is -0.173. The van der Waals surface area contributed by atoms with E-state index in [0.717, 1.165) is 37.0 Å². The van der Waals surface area contributed by atoms with Gasteiger partial charge in [0, 0.05) is 12.2 Å². The van der Waals surface area contributed by atoms with Crippen LogP contribution in [0.2, 0.25) is 0 Å². The number of hydrogen-bond donors (Lipinski definition) is 1. The van der Waals surface area contributed by atoms with Gasteiger partial charge in [0.15, 0.2) is 5.79 Å². The molecular formula is C33H48O2S2. The highest BCUT2D eigenvalue weighted by molar-refractivity contribution is 8.76. The Kier molecular flexibility index (Phi) is 16.0. The van der Waals surface area contributed by atoms with Gasteiger partial charge in [-0.3, -0.25) is 0 Å². The molecule has 37 heavy (non-hydrogen) atoms. The molecule has 0 aliphatic heterocycles. The van der Waals surface area contributed by atoms with Crippen molar-refractivity contribution in [3.63, 3.8) is 0 Å². The predicted molar refractivity (Wildman–Crippen MR) is 170 cm³/mol. The summed E-state index contributed by atoms with van der Waals surface area (Å²) in [6, 6.07) is 11.0. The minimum Gasteiger partial charge on any atom is -0.366 e. The molecule has 1 N–H and O–H groups in total. The first-order chi connectivity index (χ1) is 17.7. The van der Waals surface area contributed by atoms with Crippen LogP contribution in [0, 0.1) is 0 Å². The van der Waals surface area contributed by atoms with E-state index in [9.17, 15) is 5.11 Å². The largest absolute Gasteiger partial charge is 0.366 e. The van der Waals surface area contributed by atoms with Crippen molar-refractivity contribution < 1.29 is 9.84 Å². The van der Waals surface area contributed by atoms with Gasteiger partial charge < -0.3 is 9.84 Å². The van der Waals surface area contributed by atoms with Crippen LogP contribution in [0.3, 0.4) is 0 Å². The van der Waals surface area contributed by atoms with Crippen molar-refractivity contribution in [1.82, 2.24) is 0 Å². The number of allylic oxidation sites excluding steroid dienone is 3. The van der Waals surface area contributed by atoms with E-state index in [1.807, 2.05) is 37.6 Å². The van der Waals surface area contributed by atoms with Crippen molar-refractivity contribution in [2.45, 2.75) is 85.2 Å². The van der Waals surface area contributed by atoms with Gasteiger partial charge in [0.05, 0.1) is 6.61 Å². The van der Waals surface area contributed by atoms with Gasteiger partial charge in [-0.2, -0.15) is 0 Å². The highest BCUT2D eigenvalue weighted by atomic mass is 33.1. The van der Waals surface area contributed by atoms with Crippen LogP contribution in [-0.4, -0.2) is 23.8 Å². The van der Waals surface area contributed by atoms with Crippen LogP contribution in [0.1, 0.15) is 86.9 Å². The SMILES string of the molecule is C=CCc1cc(CCOC(C)(O)CCc2cc(/C=C\C)c(CC)c(CSSC)c2)ccc1C(=C)C.CC. The summed E-state index contributed by atoms with van der Waals surface area (Å²) in [5, 5.41) is 10.9. The van der Waals surface area contributed by atoms with Crippen LogP contribution in [0.25, 0.3) is 11.6 Å². The van der Waals surface area contributed by atoms with Gasteiger partial charge in [0.1, 0.15) is 0 Å². The zero-order valence-corrected chi connectivity index (χ0v) is 25.8. The molecule has 0 aliphatic carbocycles. The number of aliphatic hydroxyl groups is 1. The summed E-state index contributed by atoms with van der Waals surface area (Å²) in [6.07, 6.45) is 12.3. The second kappa shape index (κ2) is 17.7. The minimum absolute atomic E-state index is 0.473. The van der Waals surface area contributed by atoms with Crippen molar-refractivity contribution in [3.8, 4) is 0 Å². The number of benzene rings is 2. The van der Waals surface area contributed by atoms with E-state index in [0.29, 0.717) is 13.0 Å². The lowest BCUT2D eigenvalue weighted by molar-refractivity contribution is -0.192. The van der Waals surface area contributed by atoms with Gasteiger partial charge in [-0.25, -0.2) is 0 Å². The summed E-state index contributed by atoms with van der Waals surface area (Å²) in [6.45, 7) is 20.5. The van der Waals surface area contributed by atoms with E-state index in [-0.39, 0.29) is 0 Å². The molecule has 0 heterocycles. The molecule has 0 bridgehead atoms. The molecule has 0 saturated carbocycles. The fourth-order valence-electron chi connectivity index (χ4n) is 4.36. The van der Waals surface area contributed by atoms with E-state index in [4.69, 9.17) is 4.74 Å². The summed E-state index contributed by atoms with van der Waals surface area (Å²) in [4.78, 5) is 0. The van der Waals surface area contributed by atoms with E-state index in [1.54, 1.807) is 17.7 Å². The number of aryl methyl sites for hydroxylation is 1. The van der Waals surface area contributed by atoms with Gasteiger partial charge in [-0.1, -0.05) is 103 Å². The van der Waals surface area contributed by atoms with Gasteiger partial charge in [0.2, 0.25) is 0 Å². The van der Waals surface area contributed by atoms with Crippen LogP contribution in [0.5, 0.6) is 0 Å². The quantitative estimate of drug-likeness (QED) is 0.138. The Hall–Kier alpha value is -1.72. The maximum atomic E-state index is 10.9. The fraction of sp³-hybridized carbons (Fsp3) is 0.455. The zero-order chi connectivity index (χ0) is 27.8. The predicted octanol–water partition coefficient (Wildman–Crippen LogP) is 9.48. The molecule has 0 spiro atoms. The minimum atomic E-state index is -1.17. The normalized spacial score (nSPS) is 12.6. The molecule has 204 valence electrons. The molecule has 2 aromatic rings. The third-order valence-electron chi connectivity index (χ3n) is 6.14. The lowest BCUT2D eigenvalue weighted by Crippen LogP contribution is -2.30. The second-order valence-electron chi connectivity index (χ2n) is 9.14. The first-order valence-electron chi connectivity index (χ1n) is 13.4. The Balaban J connectivity index is 0.00000334. The van der Waals surface area contributed by atoms with Gasteiger partial charge in [-0.15, -0.1) is 6.58 Å². The first kappa shape index (κ1) is 33.3. The Labute approximate surface area is 235 Å². The lowest BCUT2D eigenvalue weighted by atomic mass is 9.93. The summed E-state index contributed by atoms with van der Waals surface area (Å²) in [7, 11) is 3.67. The number of ether oxygens (including phenoxy) is 1. The van der Waals surface area contributed by atoms with E-state index < -0.39 is 5.79 Å².